The summed E-state index contributed by atoms with van der Waals surface area (Å²) < 4.78 is 10.2. The maximum atomic E-state index is 11.9. The molecular formula is C12H24N2O4. The molecule has 4 N–H and O–H groups in total. The van der Waals surface area contributed by atoms with Crippen LogP contribution in [0.5, 0.6) is 0 Å². The second-order valence-corrected chi connectivity index (χ2v) is 4.78. The Morgan fingerprint density at radius 1 is 1.56 bits per heavy atom. The molecule has 1 rings (SSSR count). The molecule has 0 saturated carbocycles. The van der Waals surface area contributed by atoms with Gasteiger partial charge in [-0.15, -0.1) is 0 Å². The fourth-order valence-corrected chi connectivity index (χ4v) is 2.02. The van der Waals surface area contributed by atoms with Gasteiger partial charge in [0.25, 0.3) is 0 Å². The van der Waals surface area contributed by atoms with Gasteiger partial charge in [-0.2, -0.15) is 0 Å². The normalized spacial score (nSPS) is 20.4. The van der Waals surface area contributed by atoms with Crippen LogP contribution in [0.15, 0.2) is 0 Å². The van der Waals surface area contributed by atoms with Crippen molar-refractivity contribution < 1.29 is 19.4 Å². The maximum absolute atomic E-state index is 11.9. The van der Waals surface area contributed by atoms with E-state index in [1.165, 1.54) is 0 Å². The average molecular weight is 260 g/mol. The van der Waals surface area contributed by atoms with Crippen molar-refractivity contribution in [2.45, 2.75) is 37.3 Å². The van der Waals surface area contributed by atoms with E-state index in [4.69, 9.17) is 15.2 Å². The fourth-order valence-electron chi connectivity index (χ4n) is 2.02. The van der Waals surface area contributed by atoms with Crippen LogP contribution in [0.2, 0.25) is 0 Å². The minimum atomic E-state index is -0.561. The van der Waals surface area contributed by atoms with E-state index >= 15 is 0 Å². The Hall–Kier alpha value is -0.690. The molecule has 1 amide bonds. The zero-order valence-corrected chi connectivity index (χ0v) is 11.0. The standard InChI is InChI=1S/C12H24N2O4/c1-17-6-2-3-10(13)11(16)14-12(9-15)4-7-18-8-5-12/h10,15H,2-9,13H2,1H3,(H,14,16). The molecule has 1 aliphatic heterocycles. The van der Waals surface area contributed by atoms with E-state index in [1.807, 2.05) is 0 Å². The van der Waals surface area contributed by atoms with E-state index in [9.17, 15) is 9.90 Å². The highest BCUT2D eigenvalue weighted by molar-refractivity contribution is 5.82. The summed E-state index contributed by atoms with van der Waals surface area (Å²) in [7, 11) is 1.62. The first-order valence-electron chi connectivity index (χ1n) is 6.39. The van der Waals surface area contributed by atoms with E-state index in [0.29, 0.717) is 39.1 Å². The van der Waals surface area contributed by atoms with Crippen molar-refractivity contribution in [2.24, 2.45) is 5.73 Å². The lowest BCUT2D eigenvalue weighted by Crippen LogP contribution is -2.58. The Bertz CT molecular complexity index is 254. The molecule has 1 unspecified atom stereocenters. The van der Waals surface area contributed by atoms with Crippen LogP contribution in [0.25, 0.3) is 0 Å². The topological polar surface area (TPSA) is 93.8 Å². The van der Waals surface area contributed by atoms with E-state index in [-0.39, 0.29) is 12.5 Å². The van der Waals surface area contributed by atoms with Gasteiger partial charge in [0.1, 0.15) is 0 Å². The van der Waals surface area contributed by atoms with Gasteiger partial charge in [-0.05, 0) is 25.7 Å². The summed E-state index contributed by atoms with van der Waals surface area (Å²) in [6.07, 6.45) is 2.58. The van der Waals surface area contributed by atoms with Crippen LogP contribution < -0.4 is 11.1 Å². The molecule has 0 bridgehead atoms. The zero-order valence-electron chi connectivity index (χ0n) is 11.0. The van der Waals surface area contributed by atoms with Crippen LogP contribution >= 0.6 is 0 Å². The Labute approximate surface area is 108 Å². The number of hydrogen-bond donors (Lipinski definition) is 3. The molecule has 0 aromatic heterocycles. The van der Waals surface area contributed by atoms with Crippen LogP contribution in [0.1, 0.15) is 25.7 Å². The summed E-state index contributed by atoms with van der Waals surface area (Å²) in [6.45, 7) is 1.63. The summed E-state index contributed by atoms with van der Waals surface area (Å²) in [4.78, 5) is 11.9. The molecule has 1 aliphatic rings. The molecule has 1 fully saturated rings. The number of aliphatic hydroxyl groups is 1. The molecule has 1 atom stereocenters. The zero-order chi connectivity index (χ0) is 13.4. The summed E-state index contributed by atoms with van der Waals surface area (Å²) in [6, 6.07) is -0.550. The highest BCUT2D eigenvalue weighted by Gasteiger charge is 2.34. The summed E-state index contributed by atoms with van der Waals surface area (Å²) in [5.74, 6) is -0.206. The van der Waals surface area contributed by atoms with Gasteiger partial charge in [0.05, 0.1) is 18.2 Å². The van der Waals surface area contributed by atoms with Crippen molar-refractivity contribution in [3.8, 4) is 0 Å². The predicted molar refractivity (Wildman–Crippen MR) is 67.1 cm³/mol. The summed E-state index contributed by atoms with van der Waals surface area (Å²) in [5, 5.41) is 12.3. The van der Waals surface area contributed by atoms with E-state index in [1.54, 1.807) is 7.11 Å². The maximum Gasteiger partial charge on any atom is 0.237 e. The van der Waals surface area contributed by atoms with Gasteiger partial charge in [0, 0.05) is 26.9 Å². The molecule has 0 aliphatic carbocycles. The van der Waals surface area contributed by atoms with Crippen LogP contribution in [-0.2, 0) is 14.3 Å². The number of amides is 1. The second kappa shape index (κ2) is 7.68. The van der Waals surface area contributed by atoms with Crippen molar-refractivity contribution in [1.29, 1.82) is 0 Å². The van der Waals surface area contributed by atoms with Crippen molar-refractivity contribution in [2.75, 3.05) is 33.5 Å². The van der Waals surface area contributed by atoms with Gasteiger partial charge in [-0.25, -0.2) is 0 Å². The van der Waals surface area contributed by atoms with Crippen LogP contribution in [-0.4, -0.2) is 56.1 Å². The first-order chi connectivity index (χ1) is 8.63. The number of hydrogen-bond acceptors (Lipinski definition) is 5. The smallest absolute Gasteiger partial charge is 0.237 e. The number of methoxy groups -OCH3 is 1. The lowest BCUT2D eigenvalue weighted by molar-refractivity contribution is -0.126. The monoisotopic (exact) mass is 260 g/mol. The van der Waals surface area contributed by atoms with Gasteiger partial charge in [-0.1, -0.05) is 0 Å². The third kappa shape index (κ3) is 4.53. The number of nitrogens with one attached hydrogen (secondary N) is 1. The SMILES string of the molecule is COCCCC(N)C(=O)NC1(CO)CCOCC1. The lowest BCUT2D eigenvalue weighted by atomic mass is 9.90. The molecule has 1 heterocycles. The number of ether oxygens (including phenoxy) is 2. The fraction of sp³-hybridized carbons (Fsp3) is 0.917. The van der Waals surface area contributed by atoms with E-state index in [2.05, 4.69) is 5.32 Å². The third-order valence-electron chi connectivity index (χ3n) is 3.34. The molecule has 18 heavy (non-hydrogen) atoms. The largest absolute Gasteiger partial charge is 0.394 e. The van der Waals surface area contributed by atoms with Gasteiger partial charge < -0.3 is 25.6 Å². The predicted octanol–water partition coefficient (Wildman–Crippen LogP) is -0.602. The van der Waals surface area contributed by atoms with Gasteiger partial charge in [-0.3, -0.25) is 4.79 Å². The molecular weight excluding hydrogens is 236 g/mol. The first-order valence-corrected chi connectivity index (χ1v) is 6.39. The molecule has 0 aromatic rings. The van der Waals surface area contributed by atoms with Crippen molar-refractivity contribution in [3.63, 3.8) is 0 Å². The van der Waals surface area contributed by atoms with Crippen molar-refractivity contribution in [1.82, 2.24) is 5.32 Å². The molecule has 1 saturated heterocycles. The highest BCUT2D eigenvalue weighted by Crippen LogP contribution is 2.20. The van der Waals surface area contributed by atoms with Crippen molar-refractivity contribution >= 4 is 5.91 Å². The van der Waals surface area contributed by atoms with Crippen LogP contribution in [0.3, 0.4) is 0 Å². The number of carbonyl (C=O) groups is 1. The Morgan fingerprint density at radius 3 is 2.78 bits per heavy atom. The molecule has 0 aromatic carbocycles. The number of carbonyl (C=O) groups excluding carboxylic acids is 1. The Kier molecular flexibility index (Phi) is 6.56. The lowest BCUT2D eigenvalue weighted by Gasteiger charge is -2.37. The summed E-state index contributed by atoms with van der Waals surface area (Å²) in [5.41, 5.74) is 5.25. The van der Waals surface area contributed by atoms with Crippen LogP contribution in [0.4, 0.5) is 0 Å². The number of rotatable bonds is 7. The molecule has 106 valence electrons. The molecule has 0 radical (unpaired) electrons. The highest BCUT2D eigenvalue weighted by atomic mass is 16.5. The second-order valence-electron chi connectivity index (χ2n) is 4.78. The third-order valence-corrected chi connectivity index (χ3v) is 3.34. The minimum absolute atomic E-state index is 0.0765. The number of aliphatic hydroxyl groups excluding tert-OH is 1. The minimum Gasteiger partial charge on any atom is -0.394 e. The molecule has 6 nitrogen and oxygen atoms in total. The Morgan fingerprint density at radius 2 is 2.22 bits per heavy atom. The molecule has 6 heteroatoms. The van der Waals surface area contributed by atoms with Crippen LogP contribution in [0, 0.1) is 0 Å². The molecule has 0 spiro atoms. The van der Waals surface area contributed by atoms with E-state index in [0.717, 1.165) is 6.42 Å². The summed E-state index contributed by atoms with van der Waals surface area (Å²) >= 11 is 0. The van der Waals surface area contributed by atoms with E-state index < -0.39 is 11.6 Å². The Balaban J connectivity index is 2.40. The quantitative estimate of drug-likeness (QED) is 0.531. The average Bonchev–Trinajstić information content (AvgIpc) is 2.40. The van der Waals surface area contributed by atoms with Gasteiger partial charge >= 0.3 is 0 Å². The van der Waals surface area contributed by atoms with Gasteiger partial charge in [0.2, 0.25) is 5.91 Å². The van der Waals surface area contributed by atoms with Gasteiger partial charge in [0.15, 0.2) is 0 Å². The first kappa shape index (κ1) is 15.4. The van der Waals surface area contributed by atoms with Crippen molar-refractivity contribution in [3.05, 3.63) is 0 Å². The number of nitrogens with two attached hydrogens (primary N) is 1.